The highest BCUT2D eigenvalue weighted by atomic mass is 35.5. The number of sulfonamides is 1. The van der Waals surface area contributed by atoms with Gasteiger partial charge >= 0.3 is 0 Å². The number of hydrogen-bond donors (Lipinski definition) is 1. The van der Waals surface area contributed by atoms with Crippen LogP contribution < -0.4 is 5.32 Å². The van der Waals surface area contributed by atoms with Gasteiger partial charge in [0, 0.05) is 26.8 Å². The first-order chi connectivity index (χ1) is 8.60. The van der Waals surface area contributed by atoms with E-state index in [9.17, 15) is 8.42 Å². The summed E-state index contributed by atoms with van der Waals surface area (Å²) >= 11 is 0. The summed E-state index contributed by atoms with van der Waals surface area (Å²) in [5, 5.41) is 3.33. The Balaban J connectivity index is 0.00000324. The fraction of sp³-hybridized carbons (Fsp3) is 1.00. The minimum Gasteiger partial charge on any atom is -0.385 e. The second-order valence-corrected chi connectivity index (χ2v) is 6.90. The summed E-state index contributed by atoms with van der Waals surface area (Å²) < 4.78 is 30.6. The molecule has 7 heteroatoms. The molecule has 1 heterocycles. The van der Waals surface area contributed by atoms with Crippen molar-refractivity contribution in [3.63, 3.8) is 0 Å². The molecule has 5 nitrogen and oxygen atoms in total. The summed E-state index contributed by atoms with van der Waals surface area (Å²) in [6.45, 7) is 5.94. The maximum Gasteiger partial charge on any atom is 0.214 e. The van der Waals surface area contributed by atoms with E-state index in [0.717, 1.165) is 25.9 Å². The van der Waals surface area contributed by atoms with E-state index in [2.05, 4.69) is 12.2 Å². The Morgan fingerprint density at radius 1 is 1.32 bits per heavy atom. The quantitative estimate of drug-likeness (QED) is 0.682. The number of methoxy groups -OCH3 is 1. The van der Waals surface area contributed by atoms with E-state index < -0.39 is 10.0 Å². The maximum atomic E-state index is 12.0. The van der Waals surface area contributed by atoms with E-state index in [1.165, 1.54) is 0 Å². The molecule has 116 valence electrons. The van der Waals surface area contributed by atoms with Gasteiger partial charge in [-0.05, 0) is 38.3 Å². The van der Waals surface area contributed by atoms with E-state index in [4.69, 9.17) is 4.74 Å². The molecule has 0 bridgehead atoms. The summed E-state index contributed by atoms with van der Waals surface area (Å²) in [6, 6.07) is 0. The highest BCUT2D eigenvalue weighted by Gasteiger charge is 2.27. The van der Waals surface area contributed by atoms with E-state index in [1.54, 1.807) is 11.4 Å². The van der Waals surface area contributed by atoms with Gasteiger partial charge in [-0.1, -0.05) is 6.92 Å². The van der Waals surface area contributed by atoms with Crippen LogP contribution in [0.25, 0.3) is 0 Å². The summed E-state index contributed by atoms with van der Waals surface area (Å²) in [7, 11) is -1.47. The normalized spacial score (nSPS) is 18.2. The summed E-state index contributed by atoms with van der Waals surface area (Å²) in [5.74, 6) is 0.828. The molecule has 19 heavy (non-hydrogen) atoms. The van der Waals surface area contributed by atoms with Crippen molar-refractivity contribution in [2.45, 2.75) is 26.2 Å². The standard InChI is InChI=1S/C12H26N2O3S.ClH/c1-3-13-11-12-5-7-14(8-6-12)18(15,16)10-4-9-17-2;/h12-13H,3-11H2,1-2H3;1H. The number of nitrogens with zero attached hydrogens (tertiary/aromatic N) is 1. The molecular weight excluding hydrogens is 288 g/mol. The molecule has 1 saturated heterocycles. The van der Waals surface area contributed by atoms with Crippen LogP contribution in [0.1, 0.15) is 26.2 Å². The molecule has 1 fully saturated rings. The number of hydrogen-bond acceptors (Lipinski definition) is 4. The zero-order valence-corrected chi connectivity index (χ0v) is 13.6. The third kappa shape index (κ3) is 6.90. The van der Waals surface area contributed by atoms with Crippen LogP contribution in [0, 0.1) is 5.92 Å². The Labute approximate surface area is 123 Å². The molecule has 1 rings (SSSR count). The minimum atomic E-state index is -3.07. The van der Waals surface area contributed by atoms with E-state index in [0.29, 0.717) is 32.0 Å². The molecule has 0 amide bonds. The summed E-state index contributed by atoms with van der Waals surface area (Å²) in [4.78, 5) is 0. The lowest BCUT2D eigenvalue weighted by molar-refractivity contribution is 0.198. The summed E-state index contributed by atoms with van der Waals surface area (Å²) in [6.07, 6.45) is 2.52. The Morgan fingerprint density at radius 2 is 1.95 bits per heavy atom. The van der Waals surface area contributed by atoms with Crippen LogP contribution in [0.5, 0.6) is 0 Å². The molecule has 0 unspecified atom stereocenters. The van der Waals surface area contributed by atoms with Crippen LogP contribution in [-0.4, -0.2) is 58.4 Å². The second kappa shape index (κ2) is 9.94. The van der Waals surface area contributed by atoms with Crippen molar-refractivity contribution in [2.24, 2.45) is 5.92 Å². The van der Waals surface area contributed by atoms with Crippen molar-refractivity contribution in [2.75, 3.05) is 45.6 Å². The zero-order valence-electron chi connectivity index (χ0n) is 11.9. The molecule has 0 aliphatic carbocycles. The Kier molecular flexibility index (Phi) is 10.00. The van der Waals surface area contributed by atoms with Crippen molar-refractivity contribution in [3.8, 4) is 0 Å². The van der Waals surface area contributed by atoms with Crippen molar-refractivity contribution in [1.82, 2.24) is 9.62 Å². The van der Waals surface area contributed by atoms with Gasteiger partial charge in [-0.15, -0.1) is 12.4 Å². The van der Waals surface area contributed by atoms with Gasteiger partial charge in [0.05, 0.1) is 5.75 Å². The largest absolute Gasteiger partial charge is 0.385 e. The number of rotatable bonds is 8. The SMILES string of the molecule is CCNCC1CCN(S(=O)(=O)CCCOC)CC1.Cl. The van der Waals surface area contributed by atoms with Gasteiger partial charge in [0.1, 0.15) is 0 Å². The van der Waals surface area contributed by atoms with E-state index >= 15 is 0 Å². The third-order valence-corrected chi connectivity index (χ3v) is 5.36. The Hall–Kier alpha value is 0.120. The van der Waals surface area contributed by atoms with Crippen LogP contribution in [-0.2, 0) is 14.8 Å². The topological polar surface area (TPSA) is 58.6 Å². The first-order valence-corrected chi connectivity index (χ1v) is 8.38. The Bertz CT molecular complexity index is 317. The van der Waals surface area contributed by atoms with Crippen molar-refractivity contribution in [1.29, 1.82) is 0 Å². The molecule has 0 spiro atoms. The molecule has 0 atom stereocenters. The lowest BCUT2D eigenvalue weighted by Gasteiger charge is -2.31. The molecule has 0 radical (unpaired) electrons. The van der Waals surface area contributed by atoms with E-state index in [1.807, 2.05) is 0 Å². The number of ether oxygens (including phenoxy) is 1. The molecule has 0 saturated carbocycles. The highest BCUT2D eigenvalue weighted by Crippen LogP contribution is 2.19. The van der Waals surface area contributed by atoms with E-state index in [-0.39, 0.29) is 18.2 Å². The first-order valence-electron chi connectivity index (χ1n) is 6.77. The molecule has 0 aromatic heterocycles. The van der Waals surface area contributed by atoms with Gasteiger partial charge in [0.25, 0.3) is 0 Å². The molecular formula is C12H27ClN2O3S. The maximum absolute atomic E-state index is 12.0. The number of piperidine rings is 1. The van der Waals surface area contributed by atoms with Crippen LogP contribution in [0.4, 0.5) is 0 Å². The fourth-order valence-electron chi connectivity index (χ4n) is 2.25. The van der Waals surface area contributed by atoms with Crippen LogP contribution in [0.15, 0.2) is 0 Å². The highest BCUT2D eigenvalue weighted by molar-refractivity contribution is 7.89. The van der Waals surface area contributed by atoms with Crippen molar-refractivity contribution in [3.05, 3.63) is 0 Å². The zero-order chi connectivity index (χ0) is 13.4. The van der Waals surface area contributed by atoms with Crippen molar-refractivity contribution >= 4 is 22.4 Å². The minimum absolute atomic E-state index is 0. The van der Waals surface area contributed by atoms with Crippen LogP contribution in [0.2, 0.25) is 0 Å². The molecule has 1 aliphatic rings. The molecule has 1 aliphatic heterocycles. The Morgan fingerprint density at radius 3 is 2.47 bits per heavy atom. The van der Waals surface area contributed by atoms with Gasteiger partial charge in [-0.25, -0.2) is 12.7 Å². The monoisotopic (exact) mass is 314 g/mol. The lowest BCUT2D eigenvalue weighted by Crippen LogP contribution is -2.41. The fourth-order valence-corrected chi connectivity index (χ4v) is 3.76. The van der Waals surface area contributed by atoms with Gasteiger partial charge < -0.3 is 10.1 Å². The molecule has 0 aromatic rings. The predicted molar refractivity (Wildman–Crippen MR) is 80.4 cm³/mol. The van der Waals surface area contributed by atoms with Crippen LogP contribution in [0.3, 0.4) is 0 Å². The van der Waals surface area contributed by atoms with Gasteiger partial charge in [-0.3, -0.25) is 0 Å². The number of nitrogens with one attached hydrogen (secondary N) is 1. The predicted octanol–water partition coefficient (Wildman–Crippen LogP) is 1.10. The average Bonchev–Trinajstić information content (AvgIpc) is 2.37. The number of halogens is 1. The van der Waals surface area contributed by atoms with Gasteiger partial charge in [0.2, 0.25) is 10.0 Å². The van der Waals surface area contributed by atoms with Crippen molar-refractivity contribution < 1.29 is 13.2 Å². The molecule has 0 aromatic carbocycles. The smallest absolute Gasteiger partial charge is 0.214 e. The summed E-state index contributed by atoms with van der Waals surface area (Å²) in [5.41, 5.74) is 0. The first kappa shape index (κ1) is 19.1. The van der Waals surface area contributed by atoms with Gasteiger partial charge in [0.15, 0.2) is 0 Å². The van der Waals surface area contributed by atoms with Crippen LogP contribution >= 0.6 is 12.4 Å². The second-order valence-electron chi connectivity index (χ2n) is 4.81. The lowest BCUT2D eigenvalue weighted by atomic mass is 9.98. The third-order valence-electron chi connectivity index (χ3n) is 3.40. The average molecular weight is 315 g/mol. The van der Waals surface area contributed by atoms with Gasteiger partial charge in [-0.2, -0.15) is 0 Å². The molecule has 1 N–H and O–H groups in total.